The quantitative estimate of drug-likeness (QED) is 0.0357. The first-order valence-electron chi connectivity index (χ1n) is 27.2. The van der Waals surface area contributed by atoms with Crippen LogP contribution in [0.25, 0.3) is 21.6 Å². The van der Waals surface area contributed by atoms with Crippen LogP contribution in [0.3, 0.4) is 0 Å². The van der Waals surface area contributed by atoms with E-state index in [9.17, 15) is 88.8 Å². The molecule has 6 heterocycles. The summed E-state index contributed by atoms with van der Waals surface area (Å²) in [6.45, 7) is 5.59. The standard InChI is InChI=1S/C52H61BF2N8O20P2S4/c1-26-41-28(3)61(5)44(26)43(30-13-15-31(16-14-30)52(71)83-63-37(65)17-18-38(63)66)45-27(2)42(29(4)62(45)53(54)55)47-33(23-40(87-47)85(75,76)77)49(68)57-20-10-7-11-21-58-50(69)34(24-88(78)79)60-51(70)35(25-89(80,81)82)59-36(64)12-8-6-9-19-56-48(67)32-22-39(84(72,73)74)86-46(32)41/h13-16,22-23,34-35H,6-12,17-21,24-25H2,1-5H3,(H10-,56,57,58,59,60,64,67,68,69,70,72,73,74,75,76,77,78,79,80,81,82)/p+1. The molecule has 7 rings (SSSR count). The first-order chi connectivity index (χ1) is 41.6. The van der Waals surface area contributed by atoms with Gasteiger partial charge in [-0.3, -0.25) is 47.2 Å². The zero-order chi connectivity index (χ0) is 65.8. The molecule has 0 aliphatic carbocycles. The lowest BCUT2D eigenvalue weighted by atomic mass is 9.91. The van der Waals surface area contributed by atoms with Crippen molar-refractivity contribution in [1.82, 2.24) is 36.2 Å². The summed E-state index contributed by atoms with van der Waals surface area (Å²) in [5, 5.41) is 12.5. The Balaban J connectivity index is 1.38. The molecule has 3 aliphatic rings. The van der Waals surface area contributed by atoms with E-state index in [1.54, 1.807) is 25.5 Å². The minimum atomic E-state index is -5.17. The highest BCUT2D eigenvalue weighted by atomic mass is 32.2. The number of hydroxylamine groups is 2. The smallest absolute Gasteiger partial charge is 0.354 e. The van der Waals surface area contributed by atoms with E-state index in [1.807, 2.05) is 0 Å². The maximum absolute atomic E-state index is 16.2. The Morgan fingerprint density at radius 3 is 1.81 bits per heavy atom. The number of hydrogen-bond donors (Lipinski definition) is 11. The minimum Gasteiger partial charge on any atom is -0.354 e. The van der Waals surface area contributed by atoms with Crippen molar-refractivity contribution < 1.29 is 107 Å². The van der Waals surface area contributed by atoms with Crippen molar-refractivity contribution in [2.75, 3.05) is 31.1 Å². The largest absolute Gasteiger partial charge is 0.934 e. The van der Waals surface area contributed by atoms with Crippen LogP contribution < -0.4 is 35.8 Å². The molecule has 3 unspecified atom stereocenters. The molecule has 28 nitrogen and oxygen atoms in total. The van der Waals surface area contributed by atoms with Crippen LogP contribution in [0.5, 0.6) is 0 Å². The Morgan fingerprint density at radius 1 is 0.753 bits per heavy atom. The molecule has 4 bridgehead atoms. The molecule has 3 aliphatic heterocycles. The van der Waals surface area contributed by atoms with Gasteiger partial charge in [0.05, 0.1) is 49.0 Å². The van der Waals surface area contributed by atoms with E-state index < -0.39 is 124 Å². The number of hydrogen-bond acceptors (Lipinski definition) is 16. The van der Waals surface area contributed by atoms with Gasteiger partial charge >= 0.3 is 28.6 Å². The Morgan fingerprint density at radius 2 is 1.28 bits per heavy atom. The third-order valence-electron chi connectivity index (χ3n) is 14.6. The van der Waals surface area contributed by atoms with Crippen LogP contribution in [0.15, 0.2) is 47.7 Å². The van der Waals surface area contributed by atoms with Gasteiger partial charge in [-0.05, 0) is 88.3 Å². The fraction of sp³-hybridized carbons (Fsp3) is 0.404. The molecule has 1 fully saturated rings. The third-order valence-corrected chi connectivity index (χ3v) is 21.3. The van der Waals surface area contributed by atoms with E-state index in [0.717, 1.165) is 12.1 Å². The zero-order valence-electron chi connectivity index (χ0n) is 48.1. The van der Waals surface area contributed by atoms with Crippen molar-refractivity contribution in [2.45, 2.75) is 97.6 Å². The fourth-order valence-electron chi connectivity index (χ4n) is 10.3. The molecular formula is C52H62BF2N8O20P2S4+. The summed E-state index contributed by atoms with van der Waals surface area (Å²) in [6, 6.07) is 3.38. The topological polar surface area (TPSA) is 424 Å². The summed E-state index contributed by atoms with van der Waals surface area (Å²) in [4.78, 5) is 153. The van der Waals surface area contributed by atoms with Crippen LogP contribution in [0.4, 0.5) is 8.63 Å². The van der Waals surface area contributed by atoms with Crippen molar-refractivity contribution in [2.24, 2.45) is 7.05 Å². The monoisotopic (exact) mass is 1360 g/mol. The van der Waals surface area contributed by atoms with E-state index in [2.05, 4.69) is 26.6 Å². The summed E-state index contributed by atoms with van der Waals surface area (Å²) in [6.07, 6.45) is 0.403. The van der Waals surface area contributed by atoms with Gasteiger partial charge in [0.1, 0.15) is 27.1 Å². The van der Waals surface area contributed by atoms with Gasteiger partial charge in [0.15, 0.2) is 22.5 Å². The molecule has 1 saturated heterocycles. The van der Waals surface area contributed by atoms with Gasteiger partial charge in [0.25, 0.3) is 33.7 Å². The fourth-order valence-corrected chi connectivity index (χ4v) is 15.7. The van der Waals surface area contributed by atoms with Crippen LogP contribution in [-0.2, 0) is 66.2 Å². The van der Waals surface area contributed by atoms with Gasteiger partial charge in [-0.25, -0.2) is 22.1 Å². The molecule has 0 spiro atoms. The van der Waals surface area contributed by atoms with Gasteiger partial charge in [-0.2, -0.15) is 8.42 Å². The number of nitrogens with one attached hydrogen (secondary N) is 5. The third kappa shape index (κ3) is 16.4. The molecule has 7 amide bonds. The molecule has 3 aromatic heterocycles. The van der Waals surface area contributed by atoms with Crippen LogP contribution in [0.1, 0.15) is 130 Å². The maximum Gasteiger partial charge on any atom is 0.934 e. The van der Waals surface area contributed by atoms with Gasteiger partial charge in [-0.1, -0.05) is 18.6 Å². The molecule has 89 heavy (non-hydrogen) atoms. The number of fused-ring (bicyclic) bond motifs is 7. The van der Waals surface area contributed by atoms with E-state index in [4.69, 9.17) is 4.84 Å². The number of carbonyl (C=O) groups is 8. The molecule has 11 N–H and O–H groups in total. The summed E-state index contributed by atoms with van der Waals surface area (Å²) >= 11 is -1.67. The molecule has 1 aromatic carbocycles. The second-order valence-electron chi connectivity index (χ2n) is 20.8. The van der Waals surface area contributed by atoms with E-state index in [-0.39, 0.29) is 154 Å². The SMILES string of the molecule is CC1=C2C(C)=[N+](B(F)F)/C1=C(/c1ccc(C(=O)ON3C(=O)CCC3=O)cc1)c1c(C)c(c(C)n1C)-c1sc(P(=O)(O)O)cc1C(=O)NCCCCCC(=O)NC(CS(=O)(=O)O)C(=O)NC(CS(=O)O)C(=O)NCCCCCNC(=O)c1cc(P(=O)(O)O)sc12. The Labute approximate surface area is 518 Å². The number of amides is 7. The second kappa shape index (κ2) is 28.6. The molecule has 480 valence electrons. The van der Waals surface area contributed by atoms with Crippen molar-refractivity contribution in [1.29, 1.82) is 0 Å². The minimum absolute atomic E-state index is 0.00552. The average molecular weight is 1360 g/mol. The number of imide groups is 1. The number of benzene rings is 1. The molecular weight excluding hydrogens is 1300 g/mol. The van der Waals surface area contributed by atoms with Gasteiger partial charge in [0.2, 0.25) is 17.7 Å². The first-order valence-corrected chi connectivity index (χ1v) is 34.9. The van der Waals surface area contributed by atoms with Crippen molar-refractivity contribution in [3.63, 3.8) is 0 Å². The number of halogens is 2. The predicted molar refractivity (Wildman–Crippen MR) is 322 cm³/mol. The van der Waals surface area contributed by atoms with E-state index in [1.165, 1.54) is 38.1 Å². The van der Waals surface area contributed by atoms with Crippen LogP contribution in [0, 0.1) is 13.8 Å². The molecule has 37 heteroatoms. The van der Waals surface area contributed by atoms with Crippen LogP contribution in [-0.4, -0.2) is 159 Å². The van der Waals surface area contributed by atoms with Crippen molar-refractivity contribution in [3.05, 3.63) is 91.8 Å². The number of aromatic nitrogens is 1. The van der Waals surface area contributed by atoms with E-state index >= 15 is 8.63 Å². The highest BCUT2D eigenvalue weighted by Gasteiger charge is 2.49. The second-order valence-corrected chi connectivity index (χ2v) is 29.1. The molecule has 0 saturated carbocycles. The maximum atomic E-state index is 16.2. The number of rotatable bonds is 10. The lowest BCUT2D eigenvalue weighted by molar-refractivity contribution is -0.343. The molecule has 4 aromatic rings. The average Bonchev–Trinajstić information content (AvgIpc) is 1.59. The van der Waals surface area contributed by atoms with Gasteiger partial charge in [-0.15, -0.1) is 27.7 Å². The highest BCUT2D eigenvalue weighted by molar-refractivity contribution is 7.85. The number of allylic oxidation sites excluding steroid dienone is 2. The summed E-state index contributed by atoms with van der Waals surface area (Å²) in [5.74, 6) is -9.79. The van der Waals surface area contributed by atoms with E-state index in [0.29, 0.717) is 37.9 Å². The number of nitrogens with zero attached hydrogens (tertiary/aromatic N) is 3. The van der Waals surface area contributed by atoms with Crippen LogP contribution >= 0.6 is 37.9 Å². The first kappa shape index (κ1) is 69.7. The normalized spacial score (nSPS) is 20.1. The van der Waals surface area contributed by atoms with Crippen molar-refractivity contribution >= 4 is 140 Å². The number of carbonyl (C=O) groups excluding carboxylic acids is 8. The lowest BCUT2D eigenvalue weighted by Crippen LogP contribution is -2.57. The number of thiophene rings is 2. The van der Waals surface area contributed by atoms with Gasteiger partial charge < -0.3 is 60.1 Å². The zero-order valence-corrected chi connectivity index (χ0v) is 53.2. The molecule has 0 radical (unpaired) electrons. The lowest BCUT2D eigenvalue weighted by Gasteiger charge is -2.22. The highest BCUT2D eigenvalue weighted by Crippen LogP contribution is 2.49. The Kier molecular flexibility index (Phi) is 22.4. The van der Waals surface area contributed by atoms with Crippen LogP contribution in [0.2, 0.25) is 0 Å². The summed E-state index contributed by atoms with van der Waals surface area (Å²) < 4.78 is 115. The summed E-state index contributed by atoms with van der Waals surface area (Å²) in [5.41, 5.74) is -0.106. The Bertz CT molecular complexity index is 3890. The summed E-state index contributed by atoms with van der Waals surface area (Å²) in [7, 11) is -17.1. The predicted octanol–water partition coefficient (Wildman–Crippen LogP) is 2.30. The van der Waals surface area contributed by atoms with Gasteiger partial charge in [0, 0.05) is 69.7 Å². The Hall–Kier alpha value is -6.75. The molecule has 3 atom stereocenters. The van der Waals surface area contributed by atoms with Crippen molar-refractivity contribution in [3.8, 4) is 10.4 Å².